The molecule has 0 aromatic heterocycles. The van der Waals surface area contributed by atoms with Crippen molar-refractivity contribution in [3.05, 3.63) is 77.4 Å². The summed E-state index contributed by atoms with van der Waals surface area (Å²) in [5.74, 6) is 0.860. The fraction of sp³-hybridized carbons (Fsp3) is 0.286. The average Bonchev–Trinajstić information content (AvgIpc) is 2.68. The summed E-state index contributed by atoms with van der Waals surface area (Å²) < 4.78 is 5.14. The number of methoxy groups -OCH3 is 1. The van der Waals surface area contributed by atoms with E-state index in [0.717, 1.165) is 42.9 Å². The lowest BCUT2D eigenvalue weighted by Crippen LogP contribution is -2.33. The summed E-state index contributed by atoms with van der Waals surface area (Å²) in [4.78, 5) is 14.7. The zero-order chi connectivity index (χ0) is 17.5. The molecule has 2 aromatic rings. The first-order valence-electron chi connectivity index (χ1n) is 8.61. The van der Waals surface area contributed by atoms with Gasteiger partial charge in [0.2, 0.25) is 5.91 Å². The molecular formula is C21H24N2O2. The molecule has 130 valence electrons. The molecule has 3 rings (SSSR count). The minimum atomic E-state index is 0.0372. The van der Waals surface area contributed by atoms with E-state index in [9.17, 15) is 4.79 Å². The molecule has 2 aromatic carbocycles. The Labute approximate surface area is 149 Å². The number of carbonyl (C=O) groups excluding carboxylic acids is 1. The van der Waals surface area contributed by atoms with E-state index in [1.165, 1.54) is 5.56 Å². The van der Waals surface area contributed by atoms with E-state index in [2.05, 4.69) is 40.6 Å². The molecule has 1 N–H and O–H groups in total. The number of ether oxygens (including phenoxy) is 1. The van der Waals surface area contributed by atoms with E-state index < -0.39 is 0 Å². The van der Waals surface area contributed by atoms with Crippen LogP contribution in [0.5, 0.6) is 5.75 Å². The molecule has 0 aliphatic carbocycles. The van der Waals surface area contributed by atoms with Gasteiger partial charge in [-0.25, -0.2) is 0 Å². The topological polar surface area (TPSA) is 41.6 Å². The Bertz CT molecular complexity index is 723. The van der Waals surface area contributed by atoms with Gasteiger partial charge in [-0.3, -0.25) is 9.69 Å². The van der Waals surface area contributed by atoms with Crippen molar-refractivity contribution < 1.29 is 9.53 Å². The third-order valence-corrected chi connectivity index (χ3v) is 4.45. The van der Waals surface area contributed by atoms with Gasteiger partial charge >= 0.3 is 0 Å². The van der Waals surface area contributed by atoms with Crippen molar-refractivity contribution in [3.63, 3.8) is 0 Å². The second kappa shape index (κ2) is 8.49. The second-order valence-electron chi connectivity index (χ2n) is 6.23. The number of nitrogens with one attached hydrogen (secondary N) is 1. The van der Waals surface area contributed by atoms with Gasteiger partial charge in [0, 0.05) is 31.8 Å². The largest absolute Gasteiger partial charge is 0.497 e. The van der Waals surface area contributed by atoms with E-state index >= 15 is 0 Å². The molecular weight excluding hydrogens is 312 g/mol. The summed E-state index contributed by atoms with van der Waals surface area (Å²) in [6.07, 6.45) is 2.84. The van der Waals surface area contributed by atoms with Crippen molar-refractivity contribution in [2.24, 2.45) is 0 Å². The fourth-order valence-electron chi connectivity index (χ4n) is 2.94. The van der Waals surface area contributed by atoms with Crippen LogP contribution in [0, 0.1) is 0 Å². The Hall–Kier alpha value is -2.59. The third kappa shape index (κ3) is 4.94. The van der Waals surface area contributed by atoms with Crippen LogP contribution >= 0.6 is 0 Å². The highest BCUT2D eigenvalue weighted by Gasteiger charge is 2.16. The van der Waals surface area contributed by atoms with Crippen molar-refractivity contribution >= 4 is 5.91 Å². The molecule has 0 atom stereocenters. The van der Waals surface area contributed by atoms with Crippen molar-refractivity contribution in [2.45, 2.75) is 19.5 Å². The van der Waals surface area contributed by atoms with Gasteiger partial charge in [-0.05, 0) is 29.7 Å². The van der Waals surface area contributed by atoms with Crippen LogP contribution in [-0.2, 0) is 17.9 Å². The molecule has 0 spiro atoms. The van der Waals surface area contributed by atoms with E-state index in [0.29, 0.717) is 6.54 Å². The van der Waals surface area contributed by atoms with Gasteiger partial charge in [-0.2, -0.15) is 0 Å². The molecule has 0 radical (unpaired) electrons. The van der Waals surface area contributed by atoms with Crippen LogP contribution in [0.4, 0.5) is 0 Å². The Kier molecular flexibility index (Phi) is 5.86. The molecule has 1 heterocycles. The Morgan fingerprint density at radius 3 is 2.48 bits per heavy atom. The SMILES string of the molecule is COc1ccc(CNC(=O)C2=CCN(Cc3ccccc3)CC2)cc1. The van der Waals surface area contributed by atoms with E-state index in [1.54, 1.807) is 7.11 Å². The van der Waals surface area contributed by atoms with Gasteiger partial charge in [0.05, 0.1) is 7.11 Å². The van der Waals surface area contributed by atoms with Gasteiger partial charge in [0.1, 0.15) is 5.75 Å². The summed E-state index contributed by atoms with van der Waals surface area (Å²) in [6, 6.07) is 18.2. The number of benzene rings is 2. The lowest BCUT2D eigenvalue weighted by atomic mass is 10.1. The van der Waals surface area contributed by atoms with Gasteiger partial charge in [0.15, 0.2) is 0 Å². The maximum absolute atomic E-state index is 12.3. The zero-order valence-electron chi connectivity index (χ0n) is 14.6. The maximum atomic E-state index is 12.3. The van der Waals surface area contributed by atoms with Crippen LogP contribution in [-0.4, -0.2) is 31.0 Å². The highest BCUT2D eigenvalue weighted by atomic mass is 16.5. The minimum Gasteiger partial charge on any atom is -0.497 e. The van der Waals surface area contributed by atoms with Crippen LogP contribution in [0.3, 0.4) is 0 Å². The maximum Gasteiger partial charge on any atom is 0.247 e. The van der Waals surface area contributed by atoms with Gasteiger partial charge in [-0.15, -0.1) is 0 Å². The molecule has 0 bridgehead atoms. The Morgan fingerprint density at radius 1 is 1.08 bits per heavy atom. The number of carbonyl (C=O) groups is 1. The third-order valence-electron chi connectivity index (χ3n) is 4.45. The summed E-state index contributed by atoms with van der Waals surface area (Å²) in [5, 5.41) is 3.00. The minimum absolute atomic E-state index is 0.0372. The first-order valence-corrected chi connectivity index (χ1v) is 8.61. The lowest BCUT2D eigenvalue weighted by Gasteiger charge is -2.26. The van der Waals surface area contributed by atoms with Crippen molar-refractivity contribution in [2.75, 3.05) is 20.2 Å². The van der Waals surface area contributed by atoms with Gasteiger partial charge in [-0.1, -0.05) is 48.5 Å². The number of hydrogen-bond acceptors (Lipinski definition) is 3. The molecule has 1 aliphatic heterocycles. The van der Waals surface area contributed by atoms with Crippen LogP contribution in [0.15, 0.2) is 66.2 Å². The van der Waals surface area contributed by atoms with Crippen LogP contribution in [0.2, 0.25) is 0 Å². The van der Waals surface area contributed by atoms with Gasteiger partial charge < -0.3 is 10.1 Å². The smallest absolute Gasteiger partial charge is 0.247 e. The average molecular weight is 336 g/mol. The quantitative estimate of drug-likeness (QED) is 0.881. The molecule has 1 amide bonds. The molecule has 0 fully saturated rings. The van der Waals surface area contributed by atoms with Crippen LogP contribution in [0.25, 0.3) is 0 Å². The number of hydrogen-bond donors (Lipinski definition) is 1. The zero-order valence-corrected chi connectivity index (χ0v) is 14.6. The Morgan fingerprint density at radius 2 is 1.84 bits per heavy atom. The second-order valence-corrected chi connectivity index (χ2v) is 6.23. The predicted octanol–water partition coefficient (Wildman–Crippen LogP) is 3.14. The van der Waals surface area contributed by atoms with E-state index in [-0.39, 0.29) is 5.91 Å². The molecule has 1 aliphatic rings. The number of rotatable bonds is 6. The van der Waals surface area contributed by atoms with Gasteiger partial charge in [0.25, 0.3) is 0 Å². The molecule has 4 heteroatoms. The lowest BCUT2D eigenvalue weighted by molar-refractivity contribution is -0.117. The van der Waals surface area contributed by atoms with E-state index in [1.807, 2.05) is 30.3 Å². The predicted molar refractivity (Wildman–Crippen MR) is 99.3 cm³/mol. The van der Waals surface area contributed by atoms with Crippen LogP contribution in [0.1, 0.15) is 17.5 Å². The van der Waals surface area contributed by atoms with Crippen molar-refractivity contribution in [3.8, 4) is 5.75 Å². The number of amides is 1. The Balaban J connectivity index is 1.48. The van der Waals surface area contributed by atoms with Crippen LogP contribution < -0.4 is 10.1 Å². The first-order chi connectivity index (χ1) is 12.2. The highest BCUT2D eigenvalue weighted by molar-refractivity contribution is 5.93. The normalized spacial score (nSPS) is 14.7. The molecule has 4 nitrogen and oxygen atoms in total. The molecule has 0 saturated heterocycles. The summed E-state index contributed by atoms with van der Waals surface area (Å²) in [5.41, 5.74) is 3.26. The summed E-state index contributed by atoms with van der Waals surface area (Å²) in [7, 11) is 1.65. The molecule has 25 heavy (non-hydrogen) atoms. The van der Waals surface area contributed by atoms with E-state index in [4.69, 9.17) is 4.74 Å². The highest BCUT2D eigenvalue weighted by Crippen LogP contribution is 2.15. The van der Waals surface area contributed by atoms with Crippen molar-refractivity contribution in [1.29, 1.82) is 0 Å². The summed E-state index contributed by atoms with van der Waals surface area (Å²) >= 11 is 0. The van der Waals surface area contributed by atoms with Crippen molar-refractivity contribution in [1.82, 2.24) is 10.2 Å². The molecule has 0 unspecified atom stereocenters. The first kappa shape index (κ1) is 17.2. The fourth-order valence-corrected chi connectivity index (χ4v) is 2.94. The monoisotopic (exact) mass is 336 g/mol. The number of nitrogens with zero attached hydrogens (tertiary/aromatic N) is 1. The standard InChI is InChI=1S/C21H24N2O2/c1-25-20-9-7-17(8-10-20)15-22-21(24)19-11-13-23(14-12-19)16-18-5-3-2-4-6-18/h2-11H,12-16H2,1H3,(H,22,24). The molecule has 0 saturated carbocycles. The summed E-state index contributed by atoms with van der Waals surface area (Å²) in [6.45, 7) is 3.20.